The molecule has 118 valence electrons. The lowest BCUT2D eigenvalue weighted by Crippen LogP contribution is -2.37. The highest BCUT2D eigenvalue weighted by Gasteiger charge is 2.29. The predicted molar refractivity (Wildman–Crippen MR) is 89.4 cm³/mol. The Morgan fingerprint density at radius 1 is 1.41 bits per heavy atom. The summed E-state index contributed by atoms with van der Waals surface area (Å²) in [5.41, 5.74) is 0.929. The van der Waals surface area contributed by atoms with Gasteiger partial charge in [0.15, 0.2) is 0 Å². The van der Waals surface area contributed by atoms with Gasteiger partial charge in [0, 0.05) is 17.6 Å². The van der Waals surface area contributed by atoms with E-state index in [0.717, 1.165) is 24.1 Å². The van der Waals surface area contributed by atoms with Crippen LogP contribution >= 0.6 is 11.3 Å². The smallest absolute Gasteiger partial charge is 0.407 e. The third kappa shape index (κ3) is 3.40. The fraction of sp³-hybridized carbons (Fsp3) is 0.529. The van der Waals surface area contributed by atoms with Crippen molar-refractivity contribution in [3.8, 4) is 0 Å². The van der Waals surface area contributed by atoms with Crippen molar-refractivity contribution in [1.29, 1.82) is 0 Å². The molecule has 22 heavy (non-hydrogen) atoms. The van der Waals surface area contributed by atoms with Crippen LogP contribution in [0.2, 0.25) is 0 Å². The Labute approximate surface area is 134 Å². The fourth-order valence-electron chi connectivity index (χ4n) is 3.07. The number of carbonyl (C=O) groups is 1. The highest BCUT2D eigenvalue weighted by Crippen LogP contribution is 2.39. The third-order valence-corrected chi connectivity index (χ3v) is 4.89. The van der Waals surface area contributed by atoms with Crippen molar-refractivity contribution in [1.82, 2.24) is 10.3 Å². The van der Waals surface area contributed by atoms with E-state index < -0.39 is 5.60 Å². The Morgan fingerprint density at radius 3 is 3.00 bits per heavy atom. The second-order valence-electron chi connectivity index (χ2n) is 6.90. The number of ether oxygens (including phenoxy) is 1. The van der Waals surface area contributed by atoms with Crippen molar-refractivity contribution in [2.45, 2.75) is 57.6 Å². The summed E-state index contributed by atoms with van der Waals surface area (Å²) < 4.78 is 5.34. The molecule has 0 aliphatic heterocycles. The van der Waals surface area contributed by atoms with Crippen LogP contribution in [0.25, 0.3) is 10.2 Å². The molecule has 0 spiro atoms. The van der Waals surface area contributed by atoms with E-state index >= 15 is 0 Å². The molecular formula is C17H22N2O2S. The van der Waals surface area contributed by atoms with Crippen molar-refractivity contribution >= 4 is 27.6 Å². The first-order valence-electron chi connectivity index (χ1n) is 7.74. The number of carbonyl (C=O) groups excluding carboxylic acids is 1. The first kappa shape index (κ1) is 15.3. The molecule has 3 rings (SSSR count). The maximum Gasteiger partial charge on any atom is 0.407 e. The average molecular weight is 318 g/mol. The molecule has 0 saturated heterocycles. The number of aromatic nitrogens is 1. The van der Waals surface area contributed by atoms with E-state index in [1.807, 2.05) is 33.0 Å². The van der Waals surface area contributed by atoms with Crippen LogP contribution in [0.1, 0.15) is 51.5 Å². The molecule has 5 heteroatoms. The number of rotatable bonds is 2. The summed E-state index contributed by atoms with van der Waals surface area (Å²) in [5, 5.41) is 6.48. The van der Waals surface area contributed by atoms with Gasteiger partial charge in [-0.25, -0.2) is 9.78 Å². The number of hydrogen-bond donors (Lipinski definition) is 1. The molecule has 1 saturated carbocycles. The van der Waals surface area contributed by atoms with Gasteiger partial charge in [-0.2, -0.15) is 0 Å². The molecule has 2 unspecified atom stereocenters. The van der Waals surface area contributed by atoms with E-state index in [2.05, 4.69) is 21.7 Å². The number of pyridine rings is 1. The first-order valence-corrected chi connectivity index (χ1v) is 8.62. The van der Waals surface area contributed by atoms with Gasteiger partial charge in [0.1, 0.15) is 10.4 Å². The summed E-state index contributed by atoms with van der Waals surface area (Å²) in [4.78, 5) is 17.4. The minimum absolute atomic E-state index is 0.200. The number of fused-ring (bicyclic) bond motifs is 1. The maximum absolute atomic E-state index is 11.9. The molecule has 0 aromatic carbocycles. The SMILES string of the molecule is CC(C)(C)OC(=O)NC1CCC(c2csc3ncccc23)C1. The van der Waals surface area contributed by atoms with E-state index in [0.29, 0.717) is 5.92 Å². The van der Waals surface area contributed by atoms with Crippen LogP contribution in [0.15, 0.2) is 23.7 Å². The van der Waals surface area contributed by atoms with Gasteiger partial charge in [0.2, 0.25) is 0 Å². The molecule has 0 bridgehead atoms. The van der Waals surface area contributed by atoms with Gasteiger partial charge in [0.05, 0.1) is 0 Å². The summed E-state index contributed by atoms with van der Waals surface area (Å²) in [7, 11) is 0. The van der Waals surface area contributed by atoms with E-state index in [-0.39, 0.29) is 12.1 Å². The Bertz CT molecular complexity index is 675. The van der Waals surface area contributed by atoms with Crippen LogP contribution in [-0.2, 0) is 4.74 Å². The highest BCUT2D eigenvalue weighted by atomic mass is 32.1. The molecule has 1 aliphatic carbocycles. The Hall–Kier alpha value is -1.62. The molecular weight excluding hydrogens is 296 g/mol. The number of hydrogen-bond acceptors (Lipinski definition) is 4. The second kappa shape index (κ2) is 5.88. The van der Waals surface area contributed by atoms with Crippen molar-refractivity contribution in [2.24, 2.45) is 0 Å². The summed E-state index contributed by atoms with van der Waals surface area (Å²) >= 11 is 1.70. The maximum atomic E-state index is 11.9. The number of alkyl carbamates (subject to hydrolysis) is 1. The van der Waals surface area contributed by atoms with Crippen molar-refractivity contribution in [3.63, 3.8) is 0 Å². The summed E-state index contributed by atoms with van der Waals surface area (Å²) in [6.45, 7) is 5.65. The topological polar surface area (TPSA) is 51.2 Å². The lowest BCUT2D eigenvalue weighted by molar-refractivity contribution is 0.0505. The summed E-state index contributed by atoms with van der Waals surface area (Å²) in [6.07, 6.45) is 4.60. The second-order valence-corrected chi connectivity index (χ2v) is 7.76. The molecule has 2 aromatic rings. The van der Waals surface area contributed by atoms with E-state index in [1.54, 1.807) is 11.3 Å². The zero-order valence-corrected chi connectivity index (χ0v) is 14.1. The van der Waals surface area contributed by atoms with Gasteiger partial charge in [-0.05, 0) is 63.0 Å². The van der Waals surface area contributed by atoms with E-state index in [1.165, 1.54) is 10.9 Å². The summed E-state index contributed by atoms with van der Waals surface area (Å²) in [6, 6.07) is 4.33. The lowest BCUT2D eigenvalue weighted by atomic mass is 9.98. The molecule has 0 radical (unpaired) electrons. The molecule has 1 fully saturated rings. The molecule has 2 aromatic heterocycles. The molecule has 2 atom stereocenters. The quantitative estimate of drug-likeness (QED) is 0.889. The standard InChI is InChI=1S/C17H22N2O2S/c1-17(2,3)21-16(20)19-12-7-6-11(9-12)14-10-22-15-13(14)5-4-8-18-15/h4-5,8,10-12H,6-7,9H2,1-3H3,(H,19,20). The first-order chi connectivity index (χ1) is 10.4. The van der Waals surface area contributed by atoms with Gasteiger partial charge >= 0.3 is 6.09 Å². The molecule has 2 heterocycles. The number of nitrogens with zero attached hydrogens (tertiary/aromatic N) is 1. The molecule has 1 amide bonds. The van der Waals surface area contributed by atoms with Crippen LogP contribution in [0.3, 0.4) is 0 Å². The minimum Gasteiger partial charge on any atom is -0.444 e. The van der Waals surface area contributed by atoms with Gasteiger partial charge in [0.25, 0.3) is 0 Å². The van der Waals surface area contributed by atoms with Crippen molar-refractivity contribution in [3.05, 3.63) is 29.3 Å². The monoisotopic (exact) mass is 318 g/mol. The Morgan fingerprint density at radius 2 is 2.23 bits per heavy atom. The Kier molecular flexibility index (Phi) is 4.08. The van der Waals surface area contributed by atoms with Crippen LogP contribution in [0.5, 0.6) is 0 Å². The van der Waals surface area contributed by atoms with Gasteiger partial charge in [-0.3, -0.25) is 0 Å². The number of amides is 1. The third-order valence-electron chi connectivity index (χ3n) is 3.97. The van der Waals surface area contributed by atoms with Gasteiger partial charge < -0.3 is 10.1 Å². The van der Waals surface area contributed by atoms with Crippen LogP contribution in [0, 0.1) is 0 Å². The molecule has 4 nitrogen and oxygen atoms in total. The van der Waals surface area contributed by atoms with Crippen molar-refractivity contribution < 1.29 is 9.53 Å². The molecule has 1 N–H and O–H groups in total. The zero-order valence-electron chi connectivity index (χ0n) is 13.3. The number of thiophene rings is 1. The fourth-order valence-corrected chi connectivity index (χ4v) is 4.07. The van der Waals surface area contributed by atoms with Crippen LogP contribution in [-0.4, -0.2) is 22.7 Å². The van der Waals surface area contributed by atoms with Gasteiger partial charge in [-0.15, -0.1) is 11.3 Å². The Balaban J connectivity index is 1.64. The minimum atomic E-state index is -0.447. The van der Waals surface area contributed by atoms with Crippen LogP contribution in [0.4, 0.5) is 4.79 Å². The average Bonchev–Trinajstić information content (AvgIpc) is 3.02. The highest BCUT2D eigenvalue weighted by molar-refractivity contribution is 7.16. The predicted octanol–water partition coefficient (Wildman–Crippen LogP) is 4.46. The van der Waals surface area contributed by atoms with E-state index in [4.69, 9.17) is 4.74 Å². The lowest BCUT2D eigenvalue weighted by Gasteiger charge is -2.21. The van der Waals surface area contributed by atoms with Gasteiger partial charge in [-0.1, -0.05) is 6.07 Å². The normalized spacial score (nSPS) is 22.0. The van der Waals surface area contributed by atoms with Crippen molar-refractivity contribution in [2.75, 3.05) is 0 Å². The largest absolute Gasteiger partial charge is 0.444 e. The zero-order chi connectivity index (χ0) is 15.7. The summed E-state index contributed by atoms with van der Waals surface area (Å²) in [5.74, 6) is 0.498. The van der Waals surface area contributed by atoms with Crippen LogP contribution < -0.4 is 5.32 Å². The molecule has 1 aliphatic rings. The van der Waals surface area contributed by atoms with E-state index in [9.17, 15) is 4.79 Å². The number of nitrogens with one attached hydrogen (secondary N) is 1.